The van der Waals surface area contributed by atoms with Crippen molar-refractivity contribution in [2.24, 2.45) is 11.5 Å². The average molecular weight is 283 g/mol. The number of hydrogen-bond acceptors (Lipinski definition) is 6. The summed E-state index contributed by atoms with van der Waals surface area (Å²) < 4.78 is 0. The number of nitrogens with two attached hydrogens (primary N) is 2. The molecule has 0 spiro atoms. The van der Waals surface area contributed by atoms with Gasteiger partial charge < -0.3 is 26.8 Å². The van der Waals surface area contributed by atoms with Crippen molar-refractivity contribution in [1.29, 1.82) is 0 Å². The van der Waals surface area contributed by atoms with Crippen LogP contribution in [0.2, 0.25) is 0 Å². The number of aryl methyl sites for hydroxylation is 1. The molecule has 0 amide bonds. The molecule has 0 aromatic carbocycles. The van der Waals surface area contributed by atoms with E-state index in [0.29, 0.717) is 11.1 Å². The maximum absolute atomic E-state index is 10.8. The summed E-state index contributed by atoms with van der Waals surface area (Å²) in [6.45, 7) is 0. The second-order valence-corrected chi connectivity index (χ2v) is 4.43. The van der Waals surface area contributed by atoms with Crippen molar-refractivity contribution in [3.8, 4) is 5.75 Å². The third kappa shape index (κ3) is 4.18. The number of carboxylic acids is 2. The van der Waals surface area contributed by atoms with Crippen LogP contribution in [0.1, 0.15) is 17.5 Å². The zero-order valence-corrected chi connectivity index (χ0v) is 10.7. The number of carboxylic acid groups (broad SMARTS) is 2. The van der Waals surface area contributed by atoms with Crippen LogP contribution in [0.15, 0.2) is 12.4 Å². The molecule has 1 heterocycles. The number of pyridine rings is 1. The van der Waals surface area contributed by atoms with E-state index in [4.69, 9.17) is 21.7 Å². The van der Waals surface area contributed by atoms with Crippen LogP contribution < -0.4 is 11.5 Å². The zero-order valence-electron chi connectivity index (χ0n) is 10.7. The van der Waals surface area contributed by atoms with E-state index in [2.05, 4.69) is 4.98 Å². The molecule has 1 rings (SSSR count). The summed E-state index contributed by atoms with van der Waals surface area (Å²) in [6, 6.07) is -2.19. The highest BCUT2D eigenvalue weighted by atomic mass is 16.4. The Labute approximate surface area is 115 Å². The molecule has 0 aliphatic carbocycles. The fraction of sp³-hybridized carbons (Fsp3) is 0.417. The van der Waals surface area contributed by atoms with E-state index < -0.39 is 24.0 Å². The molecule has 2 atom stereocenters. The Morgan fingerprint density at radius 2 is 1.75 bits per heavy atom. The monoisotopic (exact) mass is 283 g/mol. The molecule has 0 bridgehead atoms. The summed E-state index contributed by atoms with van der Waals surface area (Å²) in [5, 5.41) is 27.2. The van der Waals surface area contributed by atoms with E-state index >= 15 is 0 Å². The van der Waals surface area contributed by atoms with Gasteiger partial charge in [-0.3, -0.25) is 14.6 Å². The molecule has 110 valence electrons. The van der Waals surface area contributed by atoms with Crippen molar-refractivity contribution in [3.63, 3.8) is 0 Å². The summed E-state index contributed by atoms with van der Waals surface area (Å²) in [7, 11) is 0. The second-order valence-electron chi connectivity index (χ2n) is 4.43. The van der Waals surface area contributed by atoms with Crippen LogP contribution in [0, 0.1) is 0 Å². The van der Waals surface area contributed by atoms with Crippen molar-refractivity contribution in [2.45, 2.75) is 31.3 Å². The Balaban J connectivity index is 2.88. The Morgan fingerprint density at radius 1 is 1.15 bits per heavy atom. The third-order valence-electron chi connectivity index (χ3n) is 2.91. The van der Waals surface area contributed by atoms with E-state index in [1.165, 1.54) is 12.4 Å². The first-order chi connectivity index (χ1) is 9.32. The quantitative estimate of drug-likeness (QED) is 0.429. The molecular weight excluding hydrogens is 266 g/mol. The van der Waals surface area contributed by atoms with Gasteiger partial charge in [0.2, 0.25) is 0 Å². The number of carbonyl (C=O) groups is 2. The normalized spacial score (nSPS) is 13.7. The molecule has 1 aromatic rings. The van der Waals surface area contributed by atoms with Gasteiger partial charge in [0.1, 0.15) is 17.8 Å². The molecule has 8 nitrogen and oxygen atoms in total. The van der Waals surface area contributed by atoms with Gasteiger partial charge in [0.05, 0.1) is 6.20 Å². The Morgan fingerprint density at radius 3 is 2.30 bits per heavy atom. The number of aromatic hydroxyl groups is 1. The van der Waals surface area contributed by atoms with E-state index in [1.807, 2.05) is 0 Å². The highest BCUT2D eigenvalue weighted by molar-refractivity contribution is 5.74. The molecule has 20 heavy (non-hydrogen) atoms. The Hall–Kier alpha value is -2.19. The maximum Gasteiger partial charge on any atom is 0.320 e. The van der Waals surface area contributed by atoms with Crippen molar-refractivity contribution in [1.82, 2.24) is 4.98 Å². The molecule has 0 aliphatic heterocycles. The van der Waals surface area contributed by atoms with Crippen LogP contribution >= 0.6 is 0 Å². The lowest BCUT2D eigenvalue weighted by molar-refractivity contribution is -0.139. The van der Waals surface area contributed by atoms with Crippen LogP contribution in [0.4, 0.5) is 0 Å². The molecular formula is C12H17N3O5. The van der Waals surface area contributed by atoms with Crippen molar-refractivity contribution in [3.05, 3.63) is 23.5 Å². The topological polar surface area (TPSA) is 160 Å². The standard InChI is InChI=1S/C12H17N3O5/c13-8(11(17)18)2-1-6-4-15-5-10(16)7(6)3-9(14)12(19)20/h4-5,8-9,16H,1-3,13-14H2,(H,17,18)(H,19,20)/t8-,9-/m0/s1. The minimum absolute atomic E-state index is 0.0681. The summed E-state index contributed by atoms with van der Waals surface area (Å²) in [5.41, 5.74) is 11.7. The van der Waals surface area contributed by atoms with Crippen LogP contribution in [0.25, 0.3) is 0 Å². The van der Waals surface area contributed by atoms with E-state index in [9.17, 15) is 14.7 Å². The van der Waals surface area contributed by atoms with Crippen molar-refractivity contribution in [2.75, 3.05) is 0 Å². The van der Waals surface area contributed by atoms with Gasteiger partial charge in [-0.15, -0.1) is 0 Å². The maximum atomic E-state index is 10.8. The molecule has 8 heteroatoms. The van der Waals surface area contributed by atoms with Crippen molar-refractivity contribution < 1.29 is 24.9 Å². The summed E-state index contributed by atoms with van der Waals surface area (Å²) in [5.74, 6) is -2.47. The van der Waals surface area contributed by atoms with E-state index in [1.54, 1.807) is 0 Å². The lowest BCUT2D eigenvalue weighted by Gasteiger charge is -2.14. The van der Waals surface area contributed by atoms with Crippen molar-refractivity contribution >= 4 is 11.9 Å². The average Bonchev–Trinajstić information content (AvgIpc) is 2.38. The van der Waals surface area contributed by atoms with E-state index in [-0.39, 0.29) is 25.0 Å². The molecule has 0 unspecified atom stereocenters. The van der Waals surface area contributed by atoms with Gasteiger partial charge in [0.15, 0.2) is 0 Å². The fourth-order valence-corrected chi connectivity index (χ4v) is 1.71. The summed E-state index contributed by atoms with van der Waals surface area (Å²) >= 11 is 0. The molecule has 0 fully saturated rings. The molecule has 0 saturated carbocycles. The first kappa shape index (κ1) is 15.9. The third-order valence-corrected chi connectivity index (χ3v) is 2.91. The molecule has 0 radical (unpaired) electrons. The van der Waals surface area contributed by atoms with Gasteiger partial charge in [-0.05, 0) is 18.4 Å². The number of aliphatic carboxylic acids is 2. The van der Waals surface area contributed by atoms with Crippen LogP contribution in [-0.2, 0) is 22.4 Å². The number of rotatable bonds is 7. The zero-order chi connectivity index (χ0) is 15.3. The largest absolute Gasteiger partial charge is 0.506 e. The number of aromatic nitrogens is 1. The summed E-state index contributed by atoms with van der Waals surface area (Å²) in [6.07, 6.45) is 2.97. The first-order valence-corrected chi connectivity index (χ1v) is 5.94. The van der Waals surface area contributed by atoms with Crippen LogP contribution in [0.3, 0.4) is 0 Å². The van der Waals surface area contributed by atoms with Gasteiger partial charge in [-0.1, -0.05) is 0 Å². The summed E-state index contributed by atoms with van der Waals surface area (Å²) in [4.78, 5) is 25.2. The highest BCUT2D eigenvalue weighted by Crippen LogP contribution is 2.22. The fourth-order valence-electron chi connectivity index (χ4n) is 1.71. The van der Waals surface area contributed by atoms with E-state index in [0.717, 1.165) is 0 Å². The second kappa shape index (κ2) is 6.83. The molecule has 1 aromatic heterocycles. The predicted molar refractivity (Wildman–Crippen MR) is 69.1 cm³/mol. The highest BCUT2D eigenvalue weighted by Gasteiger charge is 2.19. The van der Waals surface area contributed by atoms with Gasteiger partial charge in [0, 0.05) is 18.2 Å². The van der Waals surface area contributed by atoms with Crippen LogP contribution in [-0.4, -0.2) is 44.3 Å². The molecule has 0 aliphatic rings. The van der Waals surface area contributed by atoms with Gasteiger partial charge in [-0.25, -0.2) is 0 Å². The number of hydrogen-bond donors (Lipinski definition) is 5. The Kier molecular flexibility index (Phi) is 5.42. The molecule has 0 saturated heterocycles. The Bertz CT molecular complexity index is 506. The lowest BCUT2D eigenvalue weighted by atomic mass is 9.97. The van der Waals surface area contributed by atoms with Gasteiger partial charge >= 0.3 is 11.9 Å². The number of nitrogens with zero attached hydrogens (tertiary/aromatic N) is 1. The smallest absolute Gasteiger partial charge is 0.320 e. The molecule has 7 N–H and O–H groups in total. The van der Waals surface area contributed by atoms with Gasteiger partial charge in [0.25, 0.3) is 0 Å². The minimum atomic E-state index is -1.19. The SMILES string of the molecule is N[C@@H](CCc1cncc(O)c1C[C@H](N)C(=O)O)C(=O)O. The first-order valence-electron chi connectivity index (χ1n) is 5.94. The van der Waals surface area contributed by atoms with Crippen LogP contribution in [0.5, 0.6) is 5.75 Å². The predicted octanol–water partition coefficient (Wildman–Crippen LogP) is -0.914. The minimum Gasteiger partial charge on any atom is -0.506 e. The lowest BCUT2D eigenvalue weighted by Crippen LogP contribution is -2.33. The van der Waals surface area contributed by atoms with Gasteiger partial charge in [-0.2, -0.15) is 0 Å².